The van der Waals surface area contributed by atoms with Crippen molar-refractivity contribution in [1.29, 1.82) is 0 Å². The molecule has 1 aromatic rings. The van der Waals surface area contributed by atoms with Gasteiger partial charge in [-0.15, -0.1) is 0 Å². The van der Waals surface area contributed by atoms with Crippen LogP contribution in [0.4, 0.5) is 0 Å². The Kier molecular flexibility index (Phi) is 7.47. The molecular formula is C16H26BrNO. The van der Waals surface area contributed by atoms with Crippen LogP contribution >= 0.6 is 15.9 Å². The fourth-order valence-electron chi connectivity index (χ4n) is 2.18. The molecule has 0 spiro atoms. The van der Waals surface area contributed by atoms with Crippen molar-refractivity contribution in [2.24, 2.45) is 5.92 Å². The molecule has 1 N–H and O–H groups in total. The third-order valence-corrected chi connectivity index (χ3v) is 4.13. The number of benzene rings is 1. The summed E-state index contributed by atoms with van der Waals surface area (Å²) in [6, 6.07) is 6.71. The van der Waals surface area contributed by atoms with Crippen LogP contribution in [0.5, 0.6) is 5.75 Å². The van der Waals surface area contributed by atoms with Crippen LogP contribution in [0.3, 0.4) is 0 Å². The number of hydrogen-bond donors (Lipinski definition) is 1. The smallest absolute Gasteiger partial charge is 0.120 e. The number of ether oxygens (including phenoxy) is 1. The van der Waals surface area contributed by atoms with Gasteiger partial charge in [-0.25, -0.2) is 0 Å². The summed E-state index contributed by atoms with van der Waals surface area (Å²) in [5.74, 6) is 1.65. The summed E-state index contributed by atoms with van der Waals surface area (Å²) in [4.78, 5) is 0. The average molecular weight is 328 g/mol. The molecule has 0 amide bonds. The van der Waals surface area contributed by atoms with E-state index in [-0.39, 0.29) is 0 Å². The van der Waals surface area contributed by atoms with Crippen molar-refractivity contribution >= 4 is 15.9 Å². The van der Waals surface area contributed by atoms with Crippen LogP contribution in [-0.2, 0) is 0 Å². The minimum atomic E-state index is 0.407. The van der Waals surface area contributed by atoms with E-state index in [4.69, 9.17) is 4.74 Å². The molecule has 2 unspecified atom stereocenters. The second-order valence-electron chi connectivity index (χ2n) is 4.98. The molecule has 0 aliphatic carbocycles. The number of hydrogen-bond acceptors (Lipinski definition) is 2. The summed E-state index contributed by atoms with van der Waals surface area (Å²) in [5.41, 5.74) is 1.32. The largest absolute Gasteiger partial charge is 0.494 e. The van der Waals surface area contributed by atoms with E-state index in [0.717, 1.165) is 29.1 Å². The highest BCUT2D eigenvalue weighted by atomic mass is 79.9. The van der Waals surface area contributed by atoms with Crippen LogP contribution in [0.1, 0.15) is 52.1 Å². The highest BCUT2D eigenvalue weighted by Crippen LogP contribution is 2.31. The van der Waals surface area contributed by atoms with Crippen molar-refractivity contribution in [3.05, 3.63) is 28.2 Å². The van der Waals surface area contributed by atoms with Crippen LogP contribution in [0.2, 0.25) is 0 Å². The third kappa shape index (κ3) is 5.15. The molecule has 1 aromatic carbocycles. The summed E-state index contributed by atoms with van der Waals surface area (Å²) in [7, 11) is 0. The average Bonchev–Trinajstić information content (AvgIpc) is 2.39. The lowest BCUT2D eigenvalue weighted by molar-refractivity contribution is 0.339. The maximum Gasteiger partial charge on any atom is 0.120 e. The van der Waals surface area contributed by atoms with Gasteiger partial charge in [-0.1, -0.05) is 49.2 Å². The normalized spacial score (nSPS) is 14.2. The van der Waals surface area contributed by atoms with E-state index in [1.807, 2.05) is 6.92 Å². The van der Waals surface area contributed by atoms with E-state index in [9.17, 15) is 0 Å². The van der Waals surface area contributed by atoms with Gasteiger partial charge in [-0.2, -0.15) is 0 Å². The molecular weight excluding hydrogens is 302 g/mol. The zero-order valence-electron chi connectivity index (χ0n) is 12.5. The first-order valence-corrected chi connectivity index (χ1v) is 8.07. The highest BCUT2D eigenvalue weighted by molar-refractivity contribution is 9.10. The Morgan fingerprint density at radius 2 is 2.00 bits per heavy atom. The maximum absolute atomic E-state index is 5.53. The second kappa shape index (κ2) is 8.60. The molecule has 0 aliphatic heterocycles. The topological polar surface area (TPSA) is 21.3 Å². The lowest BCUT2D eigenvalue weighted by Crippen LogP contribution is -2.23. The summed E-state index contributed by atoms with van der Waals surface area (Å²) < 4.78 is 6.67. The molecule has 19 heavy (non-hydrogen) atoms. The van der Waals surface area contributed by atoms with E-state index < -0.39 is 0 Å². The van der Waals surface area contributed by atoms with Gasteiger partial charge in [-0.05, 0) is 43.5 Å². The molecule has 0 heterocycles. The predicted octanol–water partition coefficient (Wildman–Crippen LogP) is 4.93. The van der Waals surface area contributed by atoms with E-state index >= 15 is 0 Å². The monoisotopic (exact) mass is 327 g/mol. The third-order valence-electron chi connectivity index (χ3n) is 3.44. The van der Waals surface area contributed by atoms with E-state index in [0.29, 0.717) is 12.6 Å². The van der Waals surface area contributed by atoms with E-state index in [1.54, 1.807) is 0 Å². The van der Waals surface area contributed by atoms with Gasteiger partial charge in [-0.3, -0.25) is 0 Å². The highest BCUT2D eigenvalue weighted by Gasteiger charge is 2.16. The van der Waals surface area contributed by atoms with Crippen LogP contribution in [0.25, 0.3) is 0 Å². The number of nitrogens with one attached hydrogen (secondary N) is 1. The van der Waals surface area contributed by atoms with E-state index in [2.05, 4.69) is 60.2 Å². The summed E-state index contributed by atoms with van der Waals surface area (Å²) in [6.45, 7) is 10.4. The minimum absolute atomic E-state index is 0.407. The zero-order chi connectivity index (χ0) is 14.3. The Balaban J connectivity index is 2.89. The first-order valence-electron chi connectivity index (χ1n) is 7.27. The maximum atomic E-state index is 5.53. The summed E-state index contributed by atoms with van der Waals surface area (Å²) in [5, 5.41) is 3.59. The summed E-state index contributed by atoms with van der Waals surface area (Å²) >= 11 is 3.68. The van der Waals surface area contributed by atoms with Crippen molar-refractivity contribution < 1.29 is 4.74 Å². The van der Waals surface area contributed by atoms with Crippen molar-refractivity contribution in [1.82, 2.24) is 5.32 Å². The molecule has 1 rings (SSSR count). The van der Waals surface area contributed by atoms with Gasteiger partial charge in [0.15, 0.2) is 0 Å². The molecule has 3 heteroatoms. The molecule has 108 valence electrons. The molecule has 0 saturated heterocycles. The number of halogens is 1. The quantitative estimate of drug-likeness (QED) is 0.730. The Morgan fingerprint density at radius 1 is 1.26 bits per heavy atom. The Hall–Kier alpha value is -0.540. The van der Waals surface area contributed by atoms with Crippen molar-refractivity contribution in [2.45, 2.75) is 46.6 Å². The van der Waals surface area contributed by atoms with Crippen LogP contribution in [0.15, 0.2) is 22.7 Å². The minimum Gasteiger partial charge on any atom is -0.494 e. The Labute approximate surface area is 126 Å². The first-order chi connectivity index (χ1) is 9.12. The van der Waals surface area contributed by atoms with Gasteiger partial charge in [0.1, 0.15) is 5.75 Å². The van der Waals surface area contributed by atoms with Crippen molar-refractivity contribution in [3.8, 4) is 5.75 Å². The lowest BCUT2D eigenvalue weighted by Gasteiger charge is -2.23. The first kappa shape index (κ1) is 16.5. The zero-order valence-corrected chi connectivity index (χ0v) is 14.1. The fourth-order valence-corrected chi connectivity index (χ4v) is 2.82. The molecule has 0 radical (unpaired) electrons. The standard InChI is InChI=1S/C16H26BrNO/c1-5-12(4)10-16(18-6-2)14-9-8-13(19-7-3)11-15(14)17/h8-9,11-12,16,18H,5-7,10H2,1-4H3. The van der Waals surface area contributed by atoms with Gasteiger partial charge in [0.2, 0.25) is 0 Å². The SMILES string of the molecule is CCNC(CC(C)CC)c1ccc(OCC)cc1Br. The molecule has 0 aromatic heterocycles. The van der Waals surface area contributed by atoms with Gasteiger partial charge in [0.05, 0.1) is 6.61 Å². The molecule has 2 nitrogen and oxygen atoms in total. The van der Waals surface area contributed by atoms with Crippen LogP contribution in [0, 0.1) is 5.92 Å². The second-order valence-corrected chi connectivity index (χ2v) is 5.83. The van der Waals surface area contributed by atoms with Gasteiger partial charge >= 0.3 is 0 Å². The van der Waals surface area contributed by atoms with Crippen molar-refractivity contribution in [2.75, 3.05) is 13.2 Å². The predicted molar refractivity (Wildman–Crippen MR) is 85.8 cm³/mol. The van der Waals surface area contributed by atoms with Gasteiger partial charge in [0.25, 0.3) is 0 Å². The lowest BCUT2D eigenvalue weighted by atomic mass is 9.94. The molecule has 2 atom stereocenters. The number of rotatable bonds is 8. The Morgan fingerprint density at radius 3 is 2.53 bits per heavy atom. The molecule has 0 aliphatic rings. The molecule has 0 bridgehead atoms. The van der Waals surface area contributed by atoms with Crippen molar-refractivity contribution in [3.63, 3.8) is 0 Å². The van der Waals surface area contributed by atoms with Crippen LogP contribution < -0.4 is 10.1 Å². The Bertz CT molecular complexity index is 381. The van der Waals surface area contributed by atoms with Crippen LogP contribution in [-0.4, -0.2) is 13.2 Å². The summed E-state index contributed by atoms with van der Waals surface area (Å²) in [6.07, 6.45) is 2.38. The van der Waals surface area contributed by atoms with Gasteiger partial charge < -0.3 is 10.1 Å². The molecule has 0 fully saturated rings. The fraction of sp³-hybridized carbons (Fsp3) is 0.625. The van der Waals surface area contributed by atoms with Gasteiger partial charge in [0, 0.05) is 10.5 Å². The molecule has 0 saturated carbocycles. The van der Waals surface area contributed by atoms with E-state index in [1.165, 1.54) is 12.0 Å².